The molecule has 2 aromatic rings. The van der Waals surface area contributed by atoms with Gasteiger partial charge in [0.2, 0.25) is 0 Å². The first kappa shape index (κ1) is 18.5. The van der Waals surface area contributed by atoms with Gasteiger partial charge in [0.1, 0.15) is 6.54 Å². The summed E-state index contributed by atoms with van der Waals surface area (Å²) in [5.41, 5.74) is 5.31. The Morgan fingerprint density at radius 2 is 2.00 bits per heavy atom. The molecule has 0 radical (unpaired) electrons. The predicted octanol–water partition coefficient (Wildman–Crippen LogP) is 3.93. The molecule has 0 fully saturated rings. The van der Waals surface area contributed by atoms with Gasteiger partial charge in [-0.1, -0.05) is 30.3 Å². The number of nitrogens with one attached hydrogen (secondary N) is 2. The van der Waals surface area contributed by atoms with E-state index in [1.54, 1.807) is 0 Å². The van der Waals surface area contributed by atoms with Crippen LogP contribution in [0.2, 0.25) is 0 Å². The van der Waals surface area contributed by atoms with Crippen molar-refractivity contribution in [2.24, 2.45) is 4.99 Å². The van der Waals surface area contributed by atoms with Gasteiger partial charge in [-0.05, 0) is 62.6 Å². The van der Waals surface area contributed by atoms with Gasteiger partial charge in [0.25, 0.3) is 0 Å². The lowest BCUT2D eigenvalue weighted by Crippen LogP contribution is -2.38. The summed E-state index contributed by atoms with van der Waals surface area (Å²) >= 11 is 0. The molecule has 5 nitrogen and oxygen atoms in total. The minimum absolute atomic E-state index is 0.195. The number of aliphatic imine (C=N–C) groups is 1. The molecule has 1 unspecified atom stereocenters. The largest absolute Gasteiger partial charge is 0.359 e. The second-order valence-electron chi connectivity index (χ2n) is 6.93. The van der Waals surface area contributed by atoms with Crippen LogP contribution in [-0.2, 0) is 25.8 Å². The third-order valence-electron chi connectivity index (χ3n) is 4.93. The maximum Gasteiger partial charge on any atom is 0.192 e. The maximum absolute atomic E-state index is 5.32. The van der Waals surface area contributed by atoms with Crippen LogP contribution >= 0.6 is 0 Å². The Morgan fingerprint density at radius 3 is 2.73 bits per heavy atom. The van der Waals surface area contributed by atoms with Gasteiger partial charge in [0.15, 0.2) is 11.7 Å². The zero-order valence-corrected chi connectivity index (χ0v) is 16.1. The Hall–Kier alpha value is -2.30. The van der Waals surface area contributed by atoms with Crippen molar-refractivity contribution < 1.29 is 4.52 Å². The summed E-state index contributed by atoms with van der Waals surface area (Å²) in [6, 6.07) is 9.07. The topological polar surface area (TPSA) is 62.5 Å². The van der Waals surface area contributed by atoms with Crippen molar-refractivity contribution in [2.75, 3.05) is 6.54 Å². The minimum atomic E-state index is 0.195. The first-order valence-electron chi connectivity index (χ1n) is 9.80. The minimum Gasteiger partial charge on any atom is -0.359 e. The lowest BCUT2D eigenvalue weighted by atomic mass is 9.89. The molecule has 0 saturated carbocycles. The number of nitrogens with zero attached hydrogens (tertiary/aromatic N) is 2. The molecule has 140 valence electrons. The Balaban J connectivity index is 1.67. The highest BCUT2D eigenvalue weighted by molar-refractivity contribution is 5.80. The summed E-state index contributed by atoms with van der Waals surface area (Å²) in [6.07, 6.45) is 5.92. The molecular weight excluding hydrogens is 324 g/mol. The van der Waals surface area contributed by atoms with Crippen LogP contribution in [0.3, 0.4) is 0 Å². The molecule has 1 aliphatic rings. The van der Waals surface area contributed by atoms with E-state index in [1.807, 2.05) is 6.07 Å². The zero-order valence-electron chi connectivity index (χ0n) is 16.1. The number of aryl methyl sites for hydroxylation is 3. The van der Waals surface area contributed by atoms with E-state index in [-0.39, 0.29) is 6.04 Å². The summed E-state index contributed by atoms with van der Waals surface area (Å²) in [6.45, 7) is 7.63. The van der Waals surface area contributed by atoms with Crippen LogP contribution in [0, 0.1) is 0 Å². The Kier molecular flexibility index (Phi) is 6.31. The van der Waals surface area contributed by atoms with E-state index in [1.165, 1.54) is 42.4 Å². The van der Waals surface area contributed by atoms with Crippen LogP contribution in [0.1, 0.15) is 67.8 Å². The van der Waals surface area contributed by atoms with Crippen molar-refractivity contribution in [3.63, 3.8) is 0 Å². The Bertz CT molecular complexity index is 750. The third kappa shape index (κ3) is 4.65. The summed E-state index contributed by atoms with van der Waals surface area (Å²) < 4.78 is 5.32. The van der Waals surface area contributed by atoms with E-state index >= 15 is 0 Å². The van der Waals surface area contributed by atoms with Crippen LogP contribution in [0.4, 0.5) is 0 Å². The summed E-state index contributed by atoms with van der Waals surface area (Å²) in [5.74, 6) is 1.59. The average Bonchev–Trinajstić information content (AvgIpc) is 3.14. The molecule has 1 aromatic carbocycles. The predicted molar refractivity (Wildman–Crippen MR) is 105 cm³/mol. The lowest BCUT2D eigenvalue weighted by molar-refractivity contribution is 0.379. The van der Waals surface area contributed by atoms with Crippen molar-refractivity contribution in [1.82, 2.24) is 15.8 Å². The number of rotatable bonds is 6. The highest BCUT2D eigenvalue weighted by Gasteiger charge is 2.13. The van der Waals surface area contributed by atoms with Crippen LogP contribution in [0.25, 0.3) is 0 Å². The Labute approximate surface area is 156 Å². The second-order valence-corrected chi connectivity index (χ2v) is 6.93. The van der Waals surface area contributed by atoms with Gasteiger partial charge in [0, 0.05) is 12.6 Å². The van der Waals surface area contributed by atoms with E-state index in [0.29, 0.717) is 6.54 Å². The quantitative estimate of drug-likeness (QED) is 0.609. The van der Waals surface area contributed by atoms with Crippen LogP contribution in [-0.4, -0.2) is 17.7 Å². The molecule has 1 atom stereocenters. The molecule has 1 aromatic heterocycles. The first-order chi connectivity index (χ1) is 12.7. The molecule has 0 spiro atoms. The summed E-state index contributed by atoms with van der Waals surface area (Å²) in [4.78, 5) is 4.64. The van der Waals surface area contributed by atoms with Gasteiger partial charge in [-0.3, -0.25) is 0 Å². The monoisotopic (exact) mass is 354 g/mol. The highest BCUT2D eigenvalue weighted by Crippen LogP contribution is 2.24. The smallest absolute Gasteiger partial charge is 0.192 e. The molecular formula is C21H30N4O. The van der Waals surface area contributed by atoms with Crippen molar-refractivity contribution in [1.29, 1.82) is 0 Å². The second kappa shape index (κ2) is 8.88. The van der Waals surface area contributed by atoms with Crippen LogP contribution in [0.15, 0.2) is 33.8 Å². The Morgan fingerprint density at radius 1 is 1.19 bits per heavy atom. The zero-order chi connectivity index (χ0) is 18.4. The number of guanidine groups is 1. The number of hydrogen-bond donors (Lipinski definition) is 2. The standard InChI is InChI=1S/C21H30N4O/c1-4-19-13-20(26-25-19)14-23-21(22-5-2)24-15(3)17-11-10-16-8-6-7-9-18(16)12-17/h10-13,15H,4-9,14H2,1-3H3,(H2,22,23,24). The summed E-state index contributed by atoms with van der Waals surface area (Å²) in [5, 5.41) is 10.8. The van der Waals surface area contributed by atoms with Crippen molar-refractivity contribution >= 4 is 5.96 Å². The molecule has 2 N–H and O–H groups in total. The molecule has 1 aliphatic carbocycles. The van der Waals surface area contributed by atoms with Gasteiger partial charge >= 0.3 is 0 Å². The fraction of sp³-hybridized carbons (Fsp3) is 0.524. The highest BCUT2D eigenvalue weighted by atomic mass is 16.5. The van der Waals surface area contributed by atoms with Gasteiger partial charge < -0.3 is 15.2 Å². The molecule has 26 heavy (non-hydrogen) atoms. The van der Waals surface area contributed by atoms with E-state index in [2.05, 4.69) is 59.8 Å². The van der Waals surface area contributed by atoms with Gasteiger partial charge in [-0.2, -0.15) is 0 Å². The molecule has 3 rings (SSSR count). The van der Waals surface area contributed by atoms with Crippen LogP contribution in [0.5, 0.6) is 0 Å². The molecule has 0 amide bonds. The van der Waals surface area contributed by atoms with E-state index in [9.17, 15) is 0 Å². The normalized spacial score (nSPS) is 15.4. The molecule has 1 heterocycles. The molecule has 5 heteroatoms. The maximum atomic E-state index is 5.32. The SMILES string of the molecule is CCNC(=NCc1cc(CC)no1)NC(C)c1ccc2c(c1)CCCC2. The van der Waals surface area contributed by atoms with Crippen molar-refractivity contribution in [3.8, 4) is 0 Å². The van der Waals surface area contributed by atoms with E-state index in [0.717, 1.165) is 30.4 Å². The van der Waals surface area contributed by atoms with Crippen molar-refractivity contribution in [3.05, 3.63) is 52.4 Å². The first-order valence-corrected chi connectivity index (χ1v) is 9.80. The lowest BCUT2D eigenvalue weighted by Gasteiger charge is -2.21. The fourth-order valence-electron chi connectivity index (χ4n) is 3.39. The molecule has 0 aliphatic heterocycles. The summed E-state index contributed by atoms with van der Waals surface area (Å²) in [7, 11) is 0. The number of aromatic nitrogens is 1. The number of hydrogen-bond acceptors (Lipinski definition) is 3. The number of benzene rings is 1. The molecule has 0 bridgehead atoms. The fourth-order valence-corrected chi connectivity index (χ4v) is 3.39. The van der Waals surface area contributed by atoms with Gasteiger partial charge in [-0.15, -0.1) is 0 Å². The van der Waals surface area contributed by atoms with E-state index in [4.69, 9.17) is 4.52 Å². The average molecular weight is 354 g/mol. The third-order valence-corrected chi connectivity index (χ3v) is 4.93. The van der Waals surface area contributed by atoms with Gasteiger partial charge in [0.05, 0.1) is 11.7 Å². The number of fused-ring (bicyclic) bond motifs is 1. The molecule has 0 saturated heterocycles. The van der Waals surface area contributed by atoms with Gasteiger partial charge in [-0.25, -0.2) is 4.99 Å². The van der Waals surface area contributed by atoms with E-state index < -0.39 is 0 Å². The van der Waals surface area contributed by atoms with Crippen molar-refractivity contribution in [2.45, 2.75) is 65.5 Å². The van der Waals surface area contributed by atoms with Crippen LogP contribution < -0.4 is 10.6 Å².